The van der Waals surface area contributed by atoms with Gasteiger partial charge in [0, 0.05) is 56.1 Å². The maximum absolute atomic E-state index is 14.1. The number of rotatable bonds is 6. The number of fused-ring (bicyclic) bond motifs is 3. The monoisotopic (exact) mass is 426 g/mol. The van der Waals surface area contributed by atoms with Crippen LogP contribution < -0.4 is 10.2 Å². The molecule has 0 radical (unpaired) electrons. The number of carbonyl (C=O) groups is 1. The Morgan fingerprint density at radius 3 is 2.52 bits per heavy atom. The second kappa shape index (κ2) is 8.46. The minimum absolute atomic E-state index is 0.0475. The van der Waals surface area contributed by atoms with E-state index in [4.69, 9.17) is 0 Å². The summed E-state index contributed by atoms with van der Waals surface area (Å²) in [6, 6.07) is 11.9. The molecule has 2 unspecified atom stereocenters. The largest absolute Gasteiger partial charge is 0.337 e. The van der Waals surface area contributed by atoms with Gasteiger partial charge in [-0.1, -0.05) is 0 Å². The van der Waals surface area contributed by atoms with E-state index in [9.17, 15) is 13.6 Å². The van der Waals surface area contributed by atoms with Crippen LogP contribution in [0.2, 0.25) is 0 Å². The molecule has 7 heteroatoms. The third-order valence-electron chi connectivity index (χ3n) is 6.84. The SMILES string of the molecule is O=C1NCCN1CCCCN1CCC2C(C1)c1cc(F)ccc1N2c1ccc(F)cc1. The zero-order valence-electron chi connectivity index (χ0n) is 17.6. The summed E-state index contributed by atoms with van der Waals surface area (Å²) in [6.07, 6.45) is 3.01. The number of nitrogens with one attached hydrogen (secondary N) is 1. The lowest BCUT2D eigenvalue weighted by Gasteiger charge is -2.39. The van der Waals surface area contributed by atoms with Crippen molar-refractivity contribution in [3.05, 3.63) is 59.7 Å². The molecule has 2 aromatic rings. The highest BCUT2D eigenvalue weighted by Crippen LogP contribution is 2.48. The number of hydrogen-bond acceptors (Lipinski definition) is 3. The lowest BCUT2D eigenvalue weighted by molar-refractivity contribution is 0.189. The average Bonchev–Trinajstić information content (AvgIpc) is 3.32. The summed E-state index contributed by atoms with van der Waals surface area (Å²) in [6.45, 7) is 5.21. The van der Waals surface area contributed by atoms with E-state index in [-0.39, 0.29) is 29.6 Å². The summed E-state index contributed by atoms with van der Waals surface area (Å²) in [5.74, 6) is -0.228. The first-order valence-corrected chi connectivity index (χ1v) is 11.2. The van der Waals surface area contributed by atoms with Crippen molar-refractivity contribution in [2.45, 2.75) is 31.2 Å². The van der Waals surface area contributed by atoms with Gasteiger partial charge in [0.1, 0.15) is 11.6 Å². The van der Waals surface area contributed by atoms with Crippen LogP contribution in [0.5, 0.6) is 0 Å². The Morgan fingerprint density at radius 1 is 0.968 bits per heavy atom. The zero-order chi connectivity index (χ0) is 21.4. The lowest BCUT2D eigenvalue weighted by Crippen LogP contribution is -2.45. The predicted molar refractivity (Wildman–Crippen MR) is 117 cm³/mol. The number of unbranched alkanes of at least 4 members (excludes halogenated alkanes) is 1. The lowest BCUT2D eigenvalue weighted by atomic mass is 9.89. The molecule has 0 aromatic heterocycles. The van der Waals surface area contributed by atoms with Crippen molar-refractivity contribution >= 4 is 17.4 Å². The molecule has 2 aromatic carbocycles. The molecule has 0 spiro atoms. The third-order valence-corrected chi connectivity index (χ3v) is 6.84. The second-order valence-corrected chi connectivity index (χ2v) is 8.74. The number of halogens is 2. The van der Waals surface area contributed by atoms with E-state index in [0.717, 1.165) is 75.5 Å². The normalized spacial score (nSPS) is 23.1. The highest BCUT2D eigenvalue weighted by Gasteiger charge is 2.42. The number of nitrogens with zero attached hydrogens (tertiary/aromatic N) is 3. The van der Waals surface area contributed by atoms with Crippen LogP contribution in [0.3, 0.4) is 0 Å². The van der Waals surface area contributed by atoms with Crippen LogP contribution in [-0.4, -0.2) is 61.1 Å². The summed E-state index contributed by atoms with van der Waals surface area (Å²) in [5, 5.41) is 2.84. The van der Waals surface area contributed by atoms with E-state index in [1.165, 1.54) is 18.2 Å². The van der Waals surface area contributed by atoms with Crippen LogP contribution in [0, 0.1) is 11.6 Å². The van der Waals surface area contributed by atoms with Crippen molar-refractivity contribution in [1.82, 2.24) is 15.1 Å². The first-order valence-electron chi connectivity index (χ1n) is 11.2. The van der Waals surface area contributed by atoms with Gasteiger partial charge in [0.2, 0.25) is 0 Å². The topological polar surface area (TPSA) is 38.8 Å². The summed E-state index contributed by atoms with van der Waals surface area (Å²) in [5.41, 5.74) is 3.04. The molecule has 0 bridgehead atoms. The molecule has 2 atom stereocenters. The highest BCUT2D eigenvalue weighted by atomic mass is 19.1. The highest BCUT2D eigenvalue weighted by molar-refractivity contribution is 5.76. The van der Waals surface area contributed by atoms with Crippen LogP contribution in [0.4, 0.5) is 25.0 Å². The van der Waals surface area contributed by atoms with Crippen LogP contribution in [0.15, 0.2) is 42.5 Å². The van der Waals surface area contributed by atoms with Gasteiger partial charge in [0.25, 0.3) is 0 Å². The minimum Gasteiger partial charge on any atom is -0.337 e. The fourth-order valence-corrected chi connectivity index (χ4v) is 5.34. The fourth-order valence-electron chi connectivity index (χ4n) is 5.34. The Bertz CT molecular complexity index is 951. The number of piperidine rings is 1. The van der Waals surface area contributed by atoms with Crippen molar-refractivity contribution < 1.29 is 13.6 Å². The summed E-state index contributed by atoms with van der Waals surface area (Å²) < 4.78 is 27.6. The Labute approximate surface area is 181 Å². The van der Waals surface area contributed by atoms with Crippen LogP contribution >= 0.6 is 0 Å². The number of anilines is 2. The van der Waals surface area contributed by atoms with Gasteiger partial charge in [-0.3, -0.25) is 0 Å². The molecule has 164 valence electrons. The molecule has 3 aliphatic rings. The molecule has 2 saturated heterocycles. The predicted octanol–water partition coefficient (Wildman–Crippen LogP) is 4.08. The molecule has 31 heavy (non-hydrogen) atoms. The zero-order valence-corrected chi connectivity index (χ0v) is 17.6. The van der Waals surface area contributed by atoms with Crippen LogP contribution in [-0.2, 0) is 0 Å². The Balaban J connectivity index is 1.26. The van der Waals surface area contributed by atoms with E-state index in [0.29, 0.717) is 0 Å². The average molecular weight is 427 g/mol. The van der Waals surface area contributed by atoms with Gasteiger partial charge in [0.15, 0.2) is 0 Å². The second-order valence-electron chi connectivity index (χ2n) is 8.74. The van der Waals surface area contributed by atoms with E-state index in [1.54, 1.807) is 6.07 Å². The fraction of sp³-hybridized carbons (Fsp3) is 0.458. The molecular formula is C24H28F2N4O. The number of amides is 2. The van der Waals surface area contributed by atoms with Gasteiger partial charge in [-0.15, -0.1) is 0 Å². The standard InChI is InChI=1S/C24H28F2N4O/c25-17-3-6-19(7-4-17)30-22-8-5-18(26)15-20(22)21-16-28(13-9-23(21)30)11-1-2-12-29-14-10-27-24(29)31/h3-8,15,21,23H,1-2,9-14,16H2,(H,27,31). The number of likely N-dealkylation sites (tertiary alicyclic amines) is 1. The van der Waals surface area contributed by atoms with E-state index >= 15 is 0 Å². The van der Waals surface area contributed by atoms with Gasteiger partial charge < -0.3 is 20.0 Å². The minimum atomic E-state index is -0.250. The summed E-state index contributed by atoms with van der Waals surface area (Å²) in [7, 11) is 0. The smallest absolute Gasteiger partial charge is 0.317 e. The van der Waals surface area contributed by atoms with Crippen LogP contribution in [0.1, 0.15) is 30.7 Å². The Hall–Kier alpha value is -2.67. The molecule has 5 rings (SSSR count). The number of benzene rings is 2. The molecule has 3 aliphatic heterocycles. The van der Waals surface area contributed by atoms with E-state index < -0.39 is 0 Å². The number of urea groups is 1. The van der Waals surface area contributed by atoms with Gasteiger partial charge in [-0.2, -0.15) is 0 Å². The van der Waals surface area contributed by atoms with Crippen molar-refractivity contribution in [3.8, 4) is 0 Å². The first kappa shape index (κ1) is 20.2. The van der Waals surface area contributed by atoms with Crippen molar-refractivity contribution in [2.24, 2.45) is 0 Å². The number of hydrogen-bond donors (Lipinski definition) is 1. The molecule has 2 amide bonds. The van der Waals surface area contributed by atoms with E-state index in [1.807, 2.05) is 23.1 Å². The molecule has 0 aliphatic carbocycles. The van der Waals surface area contributed by atoms with Gasteiger partial charge in [-0.05, 0) is 73.8 Å². The molecule has 1 N–H and O–H groups in total. The van der Waals surface area contributed by atoms with Gasteiger partial charge in [-0.25, -0.2) is 13.6 Å². The molecule has 3 heterocycles. The first-order chi connectivity index (χ1) is 15.1. The van der Waals surface area contributed by atoms with Crippen molar-refractivity contribution in [3.63, 3.8) is 0 Å². The number of carbonyl (C=O) groups excluding carboxylic acids is 1. The maximum Gasteiger partial charge on any atom is 0.317 e. The Kier molecular flexibility index (Phi) is 5.52. The molecule has 2 fully saturated rings. The quantitative estimate of drug-likeness (QED) is 0.708. The molecule has 5 nitrogen and oxygen atoms in total. The summed E-state index contributed by atoms with van der Waals surface area (Å²) in [4.78, 5) is 18.3. The third kappa shape index (κ3) is 3.99. The van der Waals surface area contributed by atoms with Crippen molar-refractivity contribution in [2.75, 3.05) is 44.2 Å². The van der Waals surface area contributed by atoms with E-state index in [2.05, 4.69) is 15.1 Å². The molecular weight excluding hydrogens is 398 g/mol. The summed E-state index contributed by atoms with van der Waals surface area (Å²) >= 11 is 0. The maximum atomic E-state index is 14.1. The van der Waals surface area contributed by atoms with Gasteiger partial charge >= 0.3 is 6.03 Å². The van der Waals surface area contributed by atoms with Crippen LogP contribution in [0.25, 0.3) is 0 Å². The van der Waals surface area contributed by atoms with Crippen molar-refractivity contribution in [1.29, 1.82) is 0 Å². The van der Waals surface area contributed by atoms with Gasteiger partial charge in [0.05, 0.1) is 0 Å². The Morgan fingerprint density at radius 2 is 1.74 bits per heavy atom. The molecule has 0 saturated carbocycles.